The number of methoxy groups -OCH3 is 1. The van der Waals surface area contributed by atoms with Gasteiger partial charge >= 0.3 is 5.97 Å². The largest absolute Gasteiger partial charge is 0.507 e. The number of phenols is 2. The minimum Gasteiger partial charge on any atom is -0.507 e. The van der Waals surface area contributed by atoms with Crippen molar-refractivity contribution in [3.05, 3.63) is 88.3 Å². The Morgan fingerprint density at radius 3 is 2.06 bits per heavy atom. The summed E-state index contributed by atoms with van der Waals surface area (Å²) >= 11 is 14.2. The number of ether oxygens (including phenoxy) is 1. The first-order valence-electron chi connectivity index (χ1n) is 15.2. The second-order valence-electron chi connectivity index (χ2n) is 12.6. The molecule has 0 aromatic heterocycles. The smallest absolute Gasteiger partial charge is 0.339 e. The molecule has 0 radical (unpaired) electrons. The number of allylic oxidation sites excluding steroid dienone is 2. The summed E-state index contributed by atoms with van der Waals surface area (Å²) < 4.78 is 78.5. The molecule has 2 aliphatic heterocycles. The van der Waals surface area contributed by atoms with Crippen molar-refractivity contribution in [3.8, 4) is 17.2 Å². The first kappa shape index (κ1) is 35.2. The van der Waals surface area contributed by atoms with Crippen LogP contribution in [0.1, 0.15) is 34.7 Å². The van der Waals surface area contributed by atoms with Crippen molar-refractivity contribution in [3.63, 3.8) is 0 Å². The number of halogens is 7. The summed E-state index contributed by atoms with van der Waals surface area (Å²) in [6.07, 6.45) is 0.534. The van der Waals surface area contributed by atoms with E-state index in [-0.39, 0.29) is 33.9 Å². The lowest BCUT2D eigenvalue weighted by molar-refractivity contribution is -0.125. The van der Waals surface area contributed by atoms with Gasteiger partial charge in [0.25, 0.3) is 11.8 Å². The number of aromatic hydroxyl groups is 2. The number of carboxylic acids is 1. The van der Waals surface area contributed by atoms with Crippen molar-refractivity contribution >= 4 is 64.2 Å². The number of carbonyl (C=O) groups is 5. The lowest BCUT2D eigenvalue weighted by atomic mass is 9.56. The number of benzene rings is 3. The summed E-state index contributed by atoms with van der Waals surface area (Å²) in [7, 11) is 1.18. The van der Waals surface area contributed by atoms with Gasteiger partial charge in [0.15, 0.2) is 44.5 Å². The number of aromatic carboxylic acids is 1. The highest BCUT2D eigenvalue weighted by molar-refractivity contribution is 6.58. The summed E-state index contributed by atoms with van der Waals surface area (Å²) in [5.74, 6) is -25.7. The Morgan fingerprint density at radius 1 is 0.827 bits per heavy atom. The molecule has 6 atom stereocenters. The van der Waals surface area contributed by atoms with Crippen molar-refractivity contribution in [2.24, 2.45) is 17.8 Å². The van der Waals surface area contributed by atoms with E-state index in [4.69, 9.17) is 27.9 Å². The summed E-state index contributed by atoms with van der Waals surface area (Å²) in [6, 6.07) is 6.56. The SMILES string of the molecule is COc1cc(C2C3=CCC4C(=O)N(c5ccc(C(=O)O)c(O)c5)C(=O)C4C3CC3(Cl)C(=O)N(c4c(F)c(F)c(F)c(F)c4F)C(=O)C23Cl)ccc1O. The Hall–Kier alpha value is -5.22. The molecule has 2 heterocycles. The van der Waals surface area contributed by atoms with E-state index in [2.05, 4.69) is 0 Å². The monoisotopic (exact) mass is 766 g/mol. The number of carbonyl (C=O) groups excluding carboxylic acids is 4. The molecule has 3 aromatic rings. The topological polar surface area (TPSA) is 162 Å². The van der Waals surface area contributed by atoms with E-state index in [0.717, 1.165) is 24.3 Å². The van der Waals surface area contributed by atoms with Crippen molar-refractivity contribution in [1.29, 1.82) is 0 Å². The van der Waals surface area contributed by atoms with Crippen molar-refractivity contribution < 1.29 is 66.0 Å². The van der Waals surface area contributed by atoms with E-state index < -0.39 is 121 Å². The van der Waals surface area contributed by atoms with Crippen molar-refractivity contribution in [2.75, 3.05) is 16.9 Å². The molecule has 3 aromatic carbocycles. The quantitative estimate of drug-likeness (QED) is 0.0785. The van der Waals surface area contributed by atoms with Crippen LogP contribution in [-0.4, -0.2) is 61.8 Å². The van der Waals surface area contributed by atoms with Gasteiger partial charge in [-0.25, -0.2) is 36.5 Å². The number of phenolic OH excluding ortho intramolecular Hbond substituents is 1. The predicted molar refractivity (Wildman–Crippen MR) is 169 cm³/mol. The van der Waals surface area contributed by atoms with Gasteiger partial charge < -0.3 is 20.1 Å². The number of anilines is 2. The van der Waals surface area contributed by atoms with Crippen molar-refractivity contribution in [2.45, 2.75) is 28.5 Å². The maximum Gasteiger partial charge on any atom is 0.339 e. The molecule has 11 nitrogen and oxygen atoms in total. The molecule has 4 aliphatic rings. The van der Waals surface area contributed by atoms with Crippen LogP contribution in [0.3, 0.4) is 0 Å². The van der Waals surface area contributed by atoms with Crippen LogP contribution >= 0.6 is 23.2 Å². The van der Waals surface area contributed by atoms with Crippen LogP contribution in [0.2, 0.25) is 0 Å². The molecule has 4 amide bonds. The predicted octanol–water partition coefficient (Wildman–Crippen LogP) is 5.27. The molecule has 3 fully saturated rings. The Kier molecular flexibility index (Phi) is 7.88. The second kappa shape index (κ2) is 11.6. The number of imide groups is 2. The molecular formula is C34H21Cl2F5N2O9. The highest BCUT2D eigenvalue weighted by Gasteiger charge is 2.77. The normalized spacial score (nSPS) is 28.1. The summed E-state index contributed by atoms with van der Waals surface area (Å²) in [5, 5.41) is 29.9. The zero-order valence-corrected chi connectivity index (χ0v) is 27.6. The van der Waals surface area contributed by atoms with Gasteiger partial charge in [-0.1, -0.05) is 17.7 Å². The third-order valence-electron chi connectivity index (χ3n) is 10.2. The number of rotatable bonds is 5. The Balaban J connectivity index is 1.42. The molecule has 6 unspecified atom stereocenters. The fraction of sp³-hybridized carbons (Fsp3) is 0.265. The Labute approximate surface area is 298 Å². The van der Waals surface area contributed by atoms with Gasteiger partial charge in [0, 0.05) is 12.0 Å². The van der Waals surface area contributed by atoms with Crippen LogP contribution in [0.15, 0.2) is 48.0 Å². The van der Waals surface area contributed by atoms with Gasteiger partial charge in [0.05, 0.1) is 24.6 Å². The minimum absolute atomic E-state index is 0.00676. The molecule has 2 saturated heterocycles. The average Bonchev–Trinajstić information content (AvgIpc) is 3.44. The molecule has 18 heteroatoms. The lowest BCUT2D eigenvalue weighted by Gasteiger charge is -2.50. The molecule has 52 heavy (non-hydrogen) atoms. The third-order valence-corrected chi connectivity index (χ3v) is 11.6. The summed E-state index contributed by atoms with van der Waals surface area (Å²) in [4.78, 5) is 62.9. The number of nitrogens with zero attached hydrogens (tertiary/aromatic N) is 2. The van der Waals surface area contributed by atoms with Crippen LogP contribution in [0, 0.1) is 46.8 Å². The number of hydrogen-bond acceptors (Lipinski definition) is 8. The number of carboxylic acid groups (broad SMARTS) is 1. The van der Waals surface area contributed by atoms with Crippen LogP contribution < -0.4 is 14.5 Å². The number of hydrogen-bond donors (Lipinski definition) is 3. The first-order valence-corrected chi connectivity index (χ1v) is 16.0. The summed E-state index contributed by atoms with van der Waals surface area (Å²) in [6.45, 7) is 0. The molecule has 0 bridgehead atoms. The van der Waals surface area contributed by atoms with Crippen LogP contribution in [0.25, 0.3) is 0 Å². The zero-order chi connectivity index (χ0) is 37.9. The molecule has 3 N–H and O–H groups in total. The average molecular weight is 767 g/mol. The molecule has 1 saturated carbocycles. The highest BCUT2D eigenvalue weighted by Crippen LogP contribution is 2.66. The fourth-order valence-corrected chi connectivity index (χ4v) is 8.84. The van der Waals surface area contributed by atoms with E-state index in [1.807, 2.05) is 0 Å². The maximum atomic E-state index is 15.2. The highest BCUT2D eigenvalue weighted by atomic mass is 35.5. The number of amides is 4. The van der Waals surface area contributed by atoms with E-state index in [0.29, 0.717) is 4.90 Å². The van der Waals surface area contributed by atoms with Crippen LogP contribution in [-0.2, 0) is 19.2 Å². The molecule has 270 valence electrons. The van der Waals surface area contributed by atoms with E-state index in [1.54, 1.807) is 0 Å². The third kappa shape index (κ3) is 4.39. The number of fused-ring (bicyclic) bond motifs is 4. The van der Waals surface area contributed by atoms with E-state index >= 15 is 8.78 Å². The van der Waals surface area contributed by atoms with Gasteiger partial charge in [-0.2, -0.15) is 0 Å². The van der Waals surface area contributed by atoms with Gasteiger partial charge in [-0.15, -0.1) is 23.2 Å². The first-order chi connectivity index (χ1) is 24.4. The summed E-state index contributed by atoms with van der Waals surface area (Å²) in [5.41, 5.74) is -2.49. The molecular weight excluding hydrogens is 746 g/mol. The molecule has 7 rings (SSSR count). The lowest BCUT2D eigenvalue weighted by Crippen LogP contribution is -2.60. The second-order valence-corrected chi connectivity index (χ2v) is 13.9. The Morgan fingerprint density at radius 2 is 1.46 bits per heavy atom. The zero-order valence-electron chi connectivity index (χ0n) is 26.1. The van der Waals surface area contributed by atoms with Crippen molar-refractivity contribution in [1.82, 2.24) is 0 Å². The molecule has 0 spiro atoms. The fourth-order valence-electron chi connectivity index (χ4n) is 7.91. The number of alkyl halides is 2. The van der Waals surface area contributed by atoms with Crippen LogP contribution in [0.4, 0.5) is 33.3 Å². The van der Waals surface area contributed by atoms with Gasteiger partial charge in [-0.3, -0.25) is 19.2 Å². The maximum absolute atomic E-state index is 15.2. The standard InChI is InChI=1S/C34H21Cl2F5N2O9/c1-52-19-8-11(2-7-17(19)44)21-13-5-6-15-20(29(47)42(28(15)46)12-3-4-14(30(48)49)18(45)9-12)16(13)10-33(35)31(50)43(32(51)34(21,33)36)27-25(40)23(38)22(37)24(39)26(27)41/h2-5,7-9,15-16,20-21,44-45H,6,10H2,1H3,(H,48,49). The van der Waals surface area contributed by atoms with Gasteiger partial charge in [0.2, 0.25) is 17.6 Å². The minimum atomic E-state index is -2.78. The van der Waals surface area contributed by atoms with E-state index in [9.17, 15) is 52.5 Å². The molecule has 2 aliphatic carbocycles. The van der Waals surface area contributed by atoms with Crippen LogP contribution in [0.5, 0.6) is 17.2 Å². The van der Waals surface area contributed by atoms with Gasteiger partial charge in [0.1, 0.15) is 17.0 Å². The van der Waals surface area contributed by atoms with Gasteiger partial charge in [-0.05, 0) is 48.6 Å². The Bertz CT molecular complexity index is 2210. The van der Waals surface area contributed by atoms with E-state index in [1.165, 1.54) is 25.3 Å².